The fourth-order valence-electron chi connectivity index (χ4n) is 6.63. The van der Waals surface area contributed by atoms with Crippen LogP contribution >= 0.6 is 0 Å². The second-order valence-corrected chi connectivity index (χ2v) is 9.98. The van der Waals surface area contributed by atoms with Crippen LogP contribution < -0.4 is 0 Å². The minimum absolute atomic E-state index is 0.00243. The monoisotopic (exact) mass is 338 g/mol. The van der Waals surface area contributed by atoms with E-state index in [0.29, 0.717) is 19.3 Å². The van der Waals surface area contributed by atoms with Crippen molar-refractivity contribution in [1.82, 2.24) is 0 Å². The van der Waals surface area contributed by atoms with Crippen LogP contribution in [-0.2, 0) is 0 Å². The second kappa shape index (κ2) is 4.85. The third-order valence-electron chi connectivity index (χ3n) is 8.29. The molecule has 4 N–H and O–H groups in total. The molecule has 3 aliphatic carbocycles. The van der Waals surface area contributed by atoms with Gasteiger partial charge in [-0.2, -0.15) is 0 Å². The van der Waals surface area contributed by atoms with Gasteiger partial charge < -0.3 is 20.4 Å². The van der Waals surface area contributed by atoms with E-state index in [1.54, 1.807) is 0 Å². The maximum absolute atomic E-state index is 11.8. The maximum Gasteiger partial charge on any atom is 0.104 e. The Morgan fingerprint density at radius 3 is 2.17 bits per heavy atom. The number of hydrogen-bond donors (Lipinski definition) is 4. The molecule has 6 atom stereocenters. The number of aliphatic hydroxyl groups excluding tert-OH is 1. The van der Waals surface area contributed by atoms with Crippen LogP contribution in [0.1, 0.15) is 72.6 Å². The van der Waals surface area contributed by atoms with Crippen LogP contribution in [0, 0.1) is 16.2 Å². The molecule has 0 spiro atoms. The summed E-state index contributed by atoms with van der Waals surface area (Å²) in [7, 11) is 0. The lowest BCUT2D eigenvalue weighted by Crippen LogP contribution is -2.83. The summed E-state index contributed by atoms with van der Waals surface area (Å²) >= 11 is 0. The van der Waals surface area contributed by atoms with Crippen molar-refractivity contribution < 1.29 is 20.4 Å². The van der Waals surface area contributed by atoms with Gasteiger partial charge in [0.2, 0.25) is 0 Å². The zero-order valence-electron chi connectivity index (χ0n) is 15.6. The lowest BCUT2D eigenvalue weighted by atomic mass is 9.37. The van der Waals surface area contributed by atoms with Crippen LogP contribution in [-0.4, -0.2) is 43.3 Å². The van der Waals surface area contributed by atoms with Crippen molar-refractivity contribution in [2.75, 3.05) is 0 Å². The molecule has 3 saturated carbocycles. The van der Waals surface area contributed by atoms with Gasteiger partial charge in [-0.3, -0.25) is 0 Å². The molecule has 0 radical (unpaired) electrons. The number of allylic oxidation sites excluding steroid dienone is 1. The van der Waals surface area contributed by atoms with E-state index in [1.165, 1.54) is 0 Å². The van der Waals surface area contributed by atoms with Gasteiger partial charge in [0.05, 0.1) is 11.7 Å². The summed E-state index contributed by atoms with van der Waals surface area (Å²) in [5.41, 5.74) is -5.97. The molecule has 3 fully saturated rings. The van der Waals surface area contributed by atoms with Crippen LogP contribution in [0.5, 0.6) is 0 Å². The molecule has 0 amide bonds. The molecule has 4 heteroatoms. The van der Waals surface area contributed by atoms with Crippen LogP contribution in [0.2, 0.25) is 0 Å². The number of hydrogen-bond acceptors (Lipinski definition) is 4. The van der Waals surface area contributed by atoms with Crippen molar-refractivity contribution in [3.8, 4) is 0 Å². The maximum atomic E-state index is 11.8. The number of rotatable bonds is 1. The summed E-state index contributed by atoms with van der Waals surface area (Å²) in [6, 6.07) is 0. The second-order valence-electron chi connectivity index (χ2n) is 9.98. The van der Waals surface area contributed by atoms with Crippen LogP contribution in [0.4, 0.5) is 0 Å². The molecule has 0 aromatic heterocycles. The minimum atomic E-state index is -1.42. The van der Waals surface area contributed by atoms with Crippen molar-refractivity contribution in [1.29, 1.82) is 0 Å². The summed E-state index contributed by atoms with van der Waals surface area (Å²) in [4.78, 5) is 0. The normalized spacial score (nSPS) is 56.9. The molecular formula is C20H34O4. The lowest BCUT2D eigenvalue weighted by Gasteiger charge is -2.72. The third kappa shape index (κ3) is 1.83. The Labute approximate surface area is 145 Å². The molecular weight excluding hydrogens is 304 g/mol. The van der Waals surface area contributed by atoms with Gasteiger partial charge in [-0.25, -0.2) is 0 Å². The van der Waals surface area contributed by atoms with Gasteiger partial charge in [0.25, 0.3) is 0 Å². The van der Waals surface area contributed by atoms with E-state index in [2.05, 4.69) is 6.58 Å². The smallest absolute Gasteiger partial charge is 0.104 e. The summed E-state index contributed by atoms with van der Waals surface area (Å²) in [6.07, 6.45) is 4.56. The summed E-state index contributed by atoms with van der Waals surface area (Å²) in [5, 5.41) is 46.0. The molecule has 0 bridgehead atoms. The van der Waals surface area contributed by atoms with Crippen molar-refractivity contribution in [3.63, 3.8) is 0 Å². The number of fused-ring (bicyclic) bond motifs is 3. The van der Waals surface area contributed by atoms with Crippen molar-refractivity contribution >= 4 is 0 Å². The molecule has 138 valence electrons. The Balaban J connectivity index is 2.17. The highest BCUT2D eigenvalue weighted by atomic mass is 16.4. The van der Waals surface area contributed by atoms with E-state index < -0.39 is 33.7 Å². The van der Waals surface area contributed by atoms with Gasteiger partial charge in [-0.1, -0.05) is 40.2 Å². The molecule has 3 rings (SSSR count). The zero-order chi connectivity index (χ0) is 18.2. The van der Waals surface area contributed by atoms with Crippen LogP contribution in [0.25, 0.3) is 0 Å². The van der Waals surface area contributed by atoms with Gasteiger partial charge in [0, 0.05) is 11.8 Å². The van der Waals surface area contributed by atoms with E-state index in [0.717, 1.165) is 19.3 Å². The predicted molar refractivity (Wildman–Crippen MR) is 93.4 cm³/mol. The highest BCUT2D eigenvalue weighted by Gasteiger charge is 2.78. The minimum Gasteiger partial charge on any atom is -0.390 e. The molecule has 6 unspecified atom stereocenters. The molecule has 3 aliphatic rings. The first-order valence-electron chi connectivity index (χ1n) is 9.30. The van der Waals surface area contributed by atoms with E-state index in [-0.39, 0.29) is 11.8 Å². The molecule has 24 heavy (non-hydrogen) atoms. The first kappa shape index (κ1) is 18.4. The van der Waals surface area contributed by atoms with Gasteiger partial charge in [-0.05, 0) is 42.9 Å². The quantitative estimate of drug-likeness (QED) is 0.554. The average Bonchev–Trinajstić information content (AvgIpc) is 2.47. The predicted octanol–water partition coefficient (Wildman–Crippen LogP) is 2.54. The lowest BCUT2D eigenvalue weighted by molar-refractivity contribution is -0.374. The van der Waals surface area contributed by atoms with Gasteiger partial charge in [0.15, 0.2) is 0 Å². The van der Waals surface area contributed by atoms with Crippen molar-refractivity contribution in [3.05, 3.63) is 12.7 Å². The Bertz CT molecular complexity index is 560. The van der Waals surface area contributed by atoms with Gasteiger partial charge in [-0.15, -0.1) is 6.58 Å². The number of aliphatic hydroxyl groups is 4. The topological polar surface area (TPSA) is 80.9 Å². The summed E-state index contributed by atoms with van der Waals surface area (Å²) in [6.45, 7) is 11.8. The zero-order valence-corrected chi connectivity index (χ0v) is 15.6. The van der Waals surface area contributed by atoms with E-state index in [4.69, 9.17) is 0 Å². The summed E-state index contributed by atoms with van der Waals surface area (Å²) < 4.78 is 0. The van der Waals surface area contributed by atoms with Crippen LogP contribution in [0.3, 0.4) is 0 Å². The van der Waals surface area contributed by atoms with E-state index in [1.807, 2.05) is 33.8 Å². The summed E-state index contributed by atoms with van der Waals surface area (Å²) in [5.74, 6) is 0. The fourth-order valence-corrected chi connectivity index (χ4v) is 6.63. The van der Waals surface area contributed by atoms with Gasteiger partial charge >= 0.3 is 0 Å². The molecule has 4 nitrogen and oxygen atoms in total. The standard InChI is InChI=1S/C20H34O4/c1-6-16(4)10-11-19(23)17(5)9-7-8-15(2,3)20(17,24)14(21)12-18(19,22)13-16/h6,14,21-24H,1,7-13H2,2-5H3. The van der Waals surface area contributed by atoms with E-state index in [9.17, 15) is 20.4 Å². The molecule has 0 heterocycles. The highest BCUT2D eigenvalue weighted by Crippen LogP contribution is 2.69. The molecule has 0 aromatic carbocycles. The largest absolute Gasteiger partial charge is 0.390 e. The average molecular weight is 338 g/mol. The van der Waals surface area contributed by atoms with Crippen molar-refractivity contribution in [2.24, 2.45) is 16.2 Å². The first-order valence-corrected chi connectivity index (χ1v) is 9.30. The van der Waals surface area contributed by atoms with Gasteiger partial charge in [0.1, 0.15) is 11.2 Å². The Kier molecular flexibility index (Phi) is 3.71. The molecule has 0 saturated heterocycles. The first-order chi connectivity index (χ1) is 10.8. The Morgan fingerprint density at radius 2 is 1.58 bits per heavy atom. The highest BCUT2D eigenvalue weighted by molar-refractivity contribution is 5.29. The molecule has 0 aromatic rings. The third-order valence-corrected chi connectivity index (χ3v) is 8.29. The molecule has 0 aliphatic heterocycles. The fraction of sp³-hybridized carbons (Fsp3) is 0.900. The van der Waals surface area contributed by atoms with Crippen molar-refractivity contribution in [2.45, 2.75) is 95.5 Å². The Morgan fingerprint density at radius 1 is 0.958 bits per heavy atom. The SMILES string of the molecule is C=CC1(C)CCC2(O)C(O)(CC(O)C3(O)C(C)(C)CCCC23C)C1. The van der Waals surface area contributed by atoms with Crippen LogP contribution in [0.15, 0.2) is 12.7 Å². The van der Waals surface area contributed by atoms with E-state index >= 15 is 0 Å². The Hall–Kier alpha value is -0.420.